The van der Waals surface area contributed by atoms with Gasteiger partial charge in [-0.15, -0.1) is 11.3 Å². The molecule has 18 heavy (non-hydrogen) atoms. The smallest absolute Gasteiger partial charge is 0.0614 e. The molecular formula is C14H22N2OS. The second-order valence-electron chi connectivity index (χ2n) is 5.66. The molecule has 3 heterocycles. The van der Waals surface area contributed by atoms with Crippen LogP contribution < -0.4 is 5.32 Å². The summed E-state index contributed by atoms with van der Waals surface area (Å²) < 4.78 is 0. The van der Waals surface area contributed by atoms with E-state index in [1.165, 1.54) is 24.3 Å². The number of aliphatic hydroxyl groups is 1. The van der Waals surface area contributed by atoms with E-state index in [9.17, 15) is 5.11 Å². The molecule has 0 amide bonds. The van der Waals surface area contributed by atoms with E-state index in [2.05, 4.69) is 27.7 Å². The van der Waals surface area contributed by atoms with Gasteiger partial charge in [0.1, 0.15) is 0 Å². The Labute approximate surface area is 113 Å². The highest BCUT2D eigenvalue weighted by atomic mass is 32.1. The third kappa shape index (κ3) is 2.48. The first-order valence-electron chi connectivity index (χ1n) is 6.94. The summed E-state index contributed by atoms with van der Waals surface area (Å²) in [6, 6.07) is 4.95. The van der Waals surface area contributed by atoms with Gasteiger partial charge in [0.15, 0.2) is 0 Å². The highest BCUT2D eigenvalue weighted by Crippen LogP contribution is 2.33. The van der Waals surface area contributed by atoms with Crippen LogP contribution in [0.4, 0.5) is 0 Å². The fourth-order valence-corrected chi connectivity index (χ4v) is 4.02. The standard InChI is InChI=1S/C14H22N2OS/c17-11-14(15-10-13-4-2-8-18-13)5-7-16-6-1-3-12(16)9-14/h2,4,8,12,15,17H,1,3,5-7,9-11H2. The normalized spacial score (nSPS) is 32.6. The molecule has 0 saturated carbocycles. The summed E-state index contributed by atoms with van der Waals surface area (Å²) in [5, 5.41) is 15.6. The van der Waals surface area contributed by atoms with Crippen LogP contribution in [0.25, 0.3) is 0 Å². The molecule has 2 N–H and O–H groups in total. The second kappa shape index (κ2) is 5.29. The van der Waals surface area contributed by atoms with Crippen LogP contribution >= 0.6 is 11.3 Å². The number of thiophene rings is 1. The van der Waals surface area contributed by atoms with Crippen LogP contribution in [0.5, 0.6) is 0 Å². The summed E-state index contributed by atoms with van der Waals surface area (Å²) in [6.07, 6.45) is 4.82. The maximum atomic E-state index is 9.81. The topological polar surface area (TPSA) is 35.5 Å². The summed E-state index contributed by atoms with van der Waals surface area (Å²) in [6.45, 7) is 3.56. The van der Waals surface area contributed by atoms with Gasteiger partial charge in [0.2, 0.25) is 0 Å². The van der Waals surface area contributed by atoms with Gasteiger partial charge in [-0.25, -0.2) is 0 Å². The number of fused-ring (bicyclic) bond motifs is 1. The molecule has 1 aromatic heterocycles. The summed E-state index contributed by atoms with van der Waals surface area (Å²) in [4.78, 5) is 3.96. The van der Waals surface area contributed by atoms with Gasteiger partial charge in [0.25, 0.3) is 0 Å². The van der Waals surface area contributed by atoms with Crippen LogP contribution in [0.1, 0.15) is 30.6 Å². The molecule has 3 nitrogen and oxygen atoms in total. The highest BCUT2D eigenvalue weighted by Gasteiger charge is 2.40. The van der Waals surface area contributed by atoms with Crippen LogP contribution in [0, 0.1) is 0 Å². The number of hydrogen-bond donors (Lipinski definition) is 2. The number of rotatable bonds is 4. The fraction of sp³-hybridized carbons (Fsp3) is 0.714. The van der Waals surface area contributed by atoms with Crippen molar-refractivity contribution in [2.24, 2.45) is 0 Å². The largest absolute Gasteiger partial charge is 0.394 e. The molecule has 0 bridgehead atoms. The monoisotopic (exact) mass is 266 g/mol. The number of aliphatic hydroxyl groups excluding tert-OH is 1. The van der Waals surface area contributed by atoms with E-state index in [-0.39, 0.29) is 12.1 Å². The first-order chi connectivity index (χ1) is 8.81. The minimum Gasteiger partial charge on any atom is -0.394 e. The van der Waals surface area contributed by atoms with Gasteiger partial charge in [0, 0.05) is 29.5 Å². The molecule has 4 heteroatoms. The van der Waals surface area contributed by atoms with Crippen molar-refractivity contribution in [1.29, 1.82) is 0 Å². The lowest BCUT2D eigenvalue weighted by Gasteiger charge is -2.44. The Morgan fingerprint density at radius 2 is 2.44 bits per heavy atom. The lowest BCUT2D eigenvalue weighted by atomic mass is 9.84. The number of nitrogens with one attached hydrogen (secondary N) is 1. The van der Waals surface area contributed by atoms with Crippen molar-refractivity contribution >= 4 is 11.3 Å². The van der Waals surface area contributed by atoms with Gasteiger partial charge >= 0.3 is 0 Å². The van der Waals surface area contributed by atoms with Gasteiger partial charge in [-0.05, 0) is 43.7 Å². The Balaban J connectivity index is 1.63. The van der Waals surface area contributed by atoms with E-state index in [1.807, 2.05) is 0 Å². The van der Waals surface area contributed by atoms with Gasteiger partial charge in [-0.1, -0.05) is 6.07 Å². The Bertz CT molecular complexity index is 381. The molecule has 0 spiro atoms. The molecule has 0 aromatic carbocycles. The Morgan fingerprint density at radius 3 is 3.22 bits per heavy atom. The first-order valence-corrected chi connectivity index (χ1v) is 7.82. The molecule has 2 aliphatic rings. The fourth-order valence-electron chi connectivity index (χ4n) is 3.38. The van der Waals surface area contributed by atoms with E-state index in [0.29, 0.717) is 6.04 Å². The van der Waals surface area contributed by atoms with Gasteiger partial charge < -0.3 is 15.3 Å². The average Bonchev–Trinajstić information content (AvgIpc) is 3.07. The van der Waals surface area contributed by atoms with Gasteiger partial charge in [-0.3, -0.25) is 0 Å². The molecule has 2 saturated heterocycles. The SMILES string of the molecule is OCC1(NCc2cccs2)CCN2CCCC2C1. The van der Waals surface area contributed by atoms with E-state index in [4.69, 9.17) is 0 Å². The predicted molar refractivity (Wildman–Crippen MR) is 74.8 cm³/mol. The Kier molecular flexibility index (Phi) is 3.71. The highest BCUT2D eigenvalue weighted by molar-refractivity contribution is 7.09. The number of piperidine rings is 1. The molecule has 0 aliphatic carbocycles. The van der Waals surface area contributed by atoms with Crippen molar-refractivity contribution in [3.63, 3.8) is 0 Å². The maximum absolute atomic E-state index is 9.81. The van der Waals surface area contributed by atoms with E-state index in [1.54, 1.807) is 11.3 Å². The lowest BCUT2D eigenvalue weighted by Crippen LogP contribution is -2.57. The molecule has 2 aliphatic heterocycles. The molecular weight excluding hydrogens is 244 g/mol. The van der Waals surface area contributed by atoms with Crippen LogP contribution in [-0.2, 0) is 6.54 Å². The zero-order valence-electron chi connectivity index (χ0n) is 10.8. The molecule has 100 valence electrons. The van der Waals surface area contributed by atoms with Crippen molar-refractivity contribution in [2.75, 3.05) is 19.7 Å². The summed E-state index contributed by atoms with van der Waals surface area (Å²) in [5.41, 5.74) is -0.0461. The van der Waals surface area contributed by atoms with Crippen molar-refractivity contribution < 1.29 is 5.11 Å². The van der Waals surface area contributed by atoms with Crippen molar-refractivity contribution in [3.8, 4) is 0 Å². The summed E-state index contributed by atoms with van der Waals surface area (Å²) in [5.74, 6) is 0. The van der Waals surface area contributed by atoms with E-state index < -0.39 is 0 Å². The quantitative estimate of drug-likeness (QED) is 0.873. The number of hydrogen-bond acceptors (Lipinski definition) is 4. The maximum Gasteiger partial charge on any atom is 0.0614 e. The van der Waals surface area contributed by atoms with Crippen LogP contribution in [0.3, 0.4) is 0 Å². The summed E-state index contributed by atoms with van der Waals surface area (Å²) >= 11 is 1.79. The van der Waals surface area contributed by atoms with Crippen LogP contribution in [0.2, 0.25) is 0 Å². The molecule has 2 unspecified atom stereocenters. The zero-order valence-corrected chi connectivity index (χ0v) is 11.6. The molecule has 1 aromatic rings. The van der Waals surface area contributed by atoms with E-state index in [0.717, 1.165) is 25.9 Å². The second-order valence-corrected chi connectivity index (χ2v) is 6.69. The third-order valence-corrected chi connectivity index (χ3v) is 5.40. The number of nitrogens with zero attached hydrogens (tertiary/aromatic N) is 1. The Morgan fingerprint density at radius 1 is 1.50 bits per heavy atom. The molecule has 2 fully saturated rings. The minimum atomic E-state index is -0.0461. The van der Waals surface area contributed by atoms with Crippen LogP contribution in [0.15, 0.2) is 17.5 Å². The Hall–Kier alpha value is -0.420. The first kappa shape index (κ1) is 12.6. The lowest BCUT2D eigenvalue weighted by molar-refractivity contribution is 0.0579. The molecule has 3 rings (SSSR count). The minimum absolute atomic E-state index is 0.0461. The van der Waals surface area contributed by atoms with E-state index >= 15 is 0 Å². The third-order valence-electron chi connectivity index (χ3n) is 4.52. The average molecular weight is 266 g/mol. The predicted octanol–water partition coefficient (Wildman–Crippen LogP) is 1.83. The van der Waals surface area contributed by atoms with Crippen molar-refractivity contribution in [2.45, 2.75) is 43.8 Å². The molecule has 2 atom stereocenters. The molecule has 0 radical (unpaired) electrons. The van der Waals surface area contributed by atoms with Crippen molar-refractivity contribution in [3.05, 3.63) is 22.4 Å². The van der Waals surface area contributed by atoms with Gasteiger partial charge in [-0.2, -0.15) is 0 Å². The van der Waals surface area contributed by atoms with Gasteiger partial charge in [0.05, 0.1) is 6.61 Å². The van der Waals surface area contributed by atoms with Crippen LogP contribution in [-0.4, -0.2) is 41.3 Å². The zero-order chi connectivity index (χ0) is 12.4. The summed E-state index contributed by atoms with van der Waals surface area (Å²) in [7, 11) is 0. The van der Waals surface area contributed by atoms with Crippen molar-refractivity contribution in [1.82, 2.24) is 10.2 Å².